The minimum absolute atomic E-state index is 0.0849. The van der Waals surface area contributed by atoms with Crippen LogP contribution < -0.4 is 21.3 Å². The van der Waals surface area contributed by atoms with Crippen LogP contribution >= 0.6 is 0 Å². The number of nitrogens with one attached hydrogen (secondary N) is 4. The molecule has 15 nitrogen and oxygen atoms in total. The molecule has 0 saturated heterocycles. The van der Waals surface area contributed by atoms with Gasteiger partial charge < -0.3 is 21.3 Å². The lowest BCUT2D eigenvalue weighted by molar-refractivity contribution is 0.0938. The second-order valence-corrected chi connectivity index (χ2v) is 15.2. The molecule has 61 heavy (non-hydrogen) atoms. The summed E-state index contributed by atoms with van der Waals surface area (Å²) < 4.78 is 1.73. The zero-order valence-corrected chi connectivity index (χ0v) is 34.8. The molecule has 3 aromatic heterocycles. The summed E-state index contributed by atoms with van der Waals surface area (Å²) in [7, 11) is 0. The van der Waals surface area contributed by atoms with Gasteiger partial charge in [0.15, 0.2) is 23.0 Å². The summed E-state index contributed by atoms with van der Waals surface area (Å²) in [6.45, 7) is 12.0. The van der Waals surface area contributed by atoms with E-state index in [-0.39, 0.29) is 46.7 Å². The molecule has 0 bridgehead atoms. The molecule has 15 heteroatoms. The Morgan fingerprint density at radius 1 is 0.557 bits per heavy atom. The first-order chi connectivity index (χ1) is 29.5. The number of anilines is 2. The maximum atomic E-state index is 13.2. The van der Waals surface area contributed by atoms with Crippen molar-refractivity contribution in [2.75, 3.05) is 23.7 Å². The van der Waals surface area contributed by atoms with Crippen molar-refractivity contribution in [2.45, 2.75) is 54.0 Å². The topological polar surface area (TPSA) is 199 Å². The number of aromatic nitrogens is 7. The first-order valence-electron chi connectivity index (χ1n) is 20.1. The molecule has 0 aliphatic heterocycles. The fourth-order valence-electron chi connectivity index (χ4n) is 6.49. The van der Waals surface area contributed by atoms with E-state index in [0.717, 1.165) is 45.5 Å². The monoisotopic (exact) mass is 819 g/mol. The lowest BCUT2D eigenvalue weighted by Crippen LogP contribution is -2.28. The number of hydrogen-bond donors (Lipinski definition) is 4. The number of hydrogen-bond acceptors (Lipinski definition) is 10. The number of amides is 4. The Balaban J connectivity index is 0.000000207. The average molecular weight is 820 g/mol. The van der Waals surface area contributed by atoms with Gasteiger partial charge in [0.2, 0.25) is 0 Å². The maximum absolute atomic E-state index is 13.2. The highest BCUT2D eigenvalue weighted by Crippen LogP contribution is 2.26. The van der Waals surface area contributed by atoms with E-state index in [0.29, 0.717) is 42.6 Å². The highest BCUT2D eigenvalue weighted by atomic mass is 16.2. The van der Waals surface area contributed by atoms with E-state index >= 15 is 0 Å². The standard InChI is InChI=1S/C24H25N7O2.C22H24N4O2/c1-16(2)9-10-27-24(33)21-22(26-12-11-25-21)29-23(32)20-8-7-17(15-31-14-13-28-30-31)18-5-3-4-6-19(18)20;1-14(2)10-11-25-22(28)19-20(24-13-12-23-19)26-21(27)18-9-8-15(3)16-6-4-5-7-17(16)18/h3-8,11-14,16H,9-10,15H2,1-2H3,(H,27,33)(H,26,29,32);4-9,12-14H,10-11H2,1-3H3,(H,25,28)(H,24,26,27). The van der Waals surface area contributed by atoms with Crippen LogP contribution in [0.2, 0.25) is 0 Å². The lowest BCUT2D eigenvalue weighted by atomic mass is 9.99. The molecular weight excluding hydrogens is 771 g/mol. The molecule has 0 saturated carbocycles. The summed E-state index contributed by atoms with van der Waals surface area (Å²) in [5.74, 6) is -0.184. The van der Waals surface area contributed by atoms with Crippen LogP contribution in [0.25, 0.3) is 21.5 Å². The molecule has 4 N–H and O–H groups in total. The van der Waals surface area contributed by atoms with Crippen molar-refractivity contribution in [2.24, 2.45) is 11.8 Å². The zero-order chi connectivity index (χ0) is 43.3. The Kier molecular flexibility index (Phi) is 14.5. The minimum Gasteiger partial charge on any atom is -0.351 e. The van der Waals surface area contributed by atoms with Gasteiger partial charge in [-0.2, -0.15) is 0 Å². The number of nitrogens with zero attached hydrogens (tertiary/aromatic N) is 7. The number of rotatable bonds is 14. The van der Waals surface area contributed by atoms with Crippen molar-refractivity contribution in [3.63, 3.8) is 0 Å². The Bertz CT molecular complexity index is 2650. The van der Waals surface area contributed by atoms with Crippen molar-refractivity contribution in [1.82, 2.24) is 45.6 Å². The summed E-state index contributed by atoms with van der Waals surface area (Å²) in [6, 6.07) is 22.8. The number of carbonyl (C=O) groups excluding carboxylic acids is 4. The molecule has 7 rings (SSSR count). The summed E-state index contributed by atoms with van der Waals surface area (Å²) >= 11 is 0. The number of carbonyl (C=O) groups is 4. The molecular formula is C46H49N11O4. The van der Waals surface area contributed by atoms with E-state index in [1.54, 1.807) is 29.2 Å². The predicted molar refractivity (Wildman–Crippen MR) is 235 cm³/mol. The zero-order valence-electron chi connectivity index (χ0n) is 34.8. The van der Waals surface area contributed by atoms with Crippen LogP contribution in [0, 0.1) is 18.8 Å². The summed E-state index contributed by atoms with van der Waals surface area (Å²) in [6.07, 6.45) is 10.9. The predicted octanol–water partition coefficient (Wildman–Crippen LogP) is 7.26. The lowest BCUT2D eigenvalue weighted by Gasteiger charge is -2.13. The van der Waals surface area contributed by atoms with E-state index in [2.05, 4.69) is 79.2 Å². The molecule has 3 heterocycles. The molecule has 4 amide bonds. The molecule has 312 valence electrons. The first kappa shape index (κ1) is 43.2. The Morgan fingerprint density at radius 3 is 1.54 bits per heavy atom. The number of fused-ring (bicyclic) bond motifs is 2. The van der Waals surface area contributed by atoms with Gasteiger partial charge in [0.1, 0.15) is 0 Å². The normalized spacial score (nSPS) is 10.9. The van der Waals surface area contributed by atoms with Gasteiger partial charge in [-0.15, -0.1) is 5.10 Å². The molecule has 0 spiro atoms. The molecule has 0 atom stereocenters. The SMILES string of the molecule is CC(C)CCNC(=O)c1nccnc1NC(=O)c1ccc(Cn2ccnn2)c2ccccc12.Cc1ccc(C(=O)Nc2nccnc2C(=O)NCCC(C)C)c2ccccc12. The van der Waals surface area contributed by atoms with Crippen molar-refractivity contribution in [3.05, 3.63) is 144 Å². The van der Waals surface area contributed by atoms with E-state index < -0.39 is 0 Å². The molecule has 7 aromatic rings. The van der Waals surface area contributed by atoms with Gasteiger partial charge in [-0.25, -0.2) is 24.6 Å². The largest absolute Gasteiger partial charge is 0.351 e. The number of aryl methyl sites for hydroxylation is 1. The van der Waals surface area contributed by atoms with Gasteiger partial charge >= 0.3 is 0 Å². The molecule has 0 fully saturated rings. The van der Waals surface area contributed by atoms with Crippen LogP contribution in [0.3, 0.4) is 0 Å². The molecule has 0 radical (unpaired) electrons. The maximum Gasteiger partial charge on any atom is 0.273 e. The summed E-state index contributed by atoms with van der Waals surface area (Å²) in [4.78, 5) is 67.7. The van der Waals surface area contributed by atoms with Crippen LogP contribution in [0.15, 0.2) is 110 Å². The van der Waals surface area contributed by atoms with Crippen molar-refractivity contribution >= 4 is 56.8 Å². The van der Waals surface area contributed by atoms with E-state index in [1.165, 1.54) is 24.8 Å². The smallest absolute Gasteiger partial charge is 0.273 e. The quantitative estimate of drug-likeness (QED) is 0.0866. The fraction of sp³-hybridized carbons (Fsp3) is 0.261. The third-order valence-corrected chi connectivity index (χ3v) is 9.75. The van der Waals surface area contributed by atoms with Crippen LogP contribution in [0.1, 0.15) is 93.4 Å². The molecule has 4 aromatic carbocycles. The Labute approximate surface area is 353 Å². The van der Waals surface area contributed by atoms with Gasteiger partial charge in [-0.05, 0) is 76.4 Å². The fourth-order valence-corrected chi connectivity index (χ4v) is 6.49. The second kappa shape index (κ2) is 20.5. The van der Waals surface area contributed by atoms with Crippen molar-refractivity contribution in [3.8, 4) is 0 Å². The van der Waals surface area contributed by atoms with Crippen LogP contribution in [-0.4, -0.2) is 71.6 Å². The molecule has 0 aliphatic carbocycles. The van der Waals surface area contributed by atoms with E-state index in [9.17, 15) is 19.2 Å². The van der Waals surface area contributed by atoms with Crippen LogP contribution in [-0.2, 0) is 6.54 Å². The highest BCUT2D eigenvalue weighted by Gasteiger charge is 2.20. The summed E-state index contributed by atoms with van der Waals surface area (Å²) in [5.41, 5.74) is 3.30. The van der Waals surface area contributed by atoms with Gasteiger partial charge in [0.25, 0.3) is 23.6 Å². The third kappa shape index (κ3) is 11.2. The number of benzene rings is 4. The van der Waals surface area contributed by atoms with Crippen molar-refractivity contribution < 1.29 is 19.2 Å². The van der Waals surface area contributed by atoms with Gasteiger partial charge in [-0.1, -0.05) is 93.6 Å². The van der Waals surface area contributed by atoms with Gasteiger partial charge in [0, 0.05) is 55.2 Å². The van der Waals surface area contributed by atoms with Gasteiger partial charge in [0.05, 0.1) is 12.7 Å². The highest BCUT2D eigenvalue weighted by molar-refractivity contribution is 6.15. The van der Waals surface area contributed by atoms with Crippen molar-refractivity contribution in [1.29, 1.82) is 0 Å². The third-order valence-electron chi connectivity index (χ3n) is 9.75. The van der Waals surface area contributed by atoms with Gasteiger partial charge in [-0.3, -0.25) is 19.2 Å². The van der Waals surface area contributed by atoms with E-state index in [4.69, 9.17) is 0 Å². The second-order valence-electron chi connectivity index (χ2n) is 15.2. The summed E-state index contributed by atoms with van der Waals surface area (Å²) in [5, 5.41) is 22.6. The van der Waals surface area contributed by atoms with Crippen LogP contribution in [0.4, 0.5) is 11.6 Å². The molecule has 0 unspecified atom stereocenters. The Morgan fingerprint density at radius 2 is 1.03 bits per heavy atom. The molecule has 0 aliphatic rings. The van der Waals surface area contributed by atoms with Crippen LogP contribution in [0.5, 0.6) is 0 Å². The van der Waals surface area contributed by atoms with E-state index in [1.807, 2.05) is 67.6 Å². The Hall–Kier alpha value is -7.42. The average Bonchev–Trinajstić information content (AvgIpc) is 3.77. The minimum atomic E-state index is -0.368. The first-order valence-corrected chi connectivity index (χ1v) is 20.1.